The molecule has 8 heteroatoms. The third-order valence-corrected chi connectivity index (χ3v) is 7.96. The maximum atomic E-state index is 13.7. The van der Waals surface area contributed by atoms with Gasteiger partial charge in [-0.3, -0.25) is 14.4 Å². The number of amides is 3. The number of fused-ring (bicyclic) bond motifs is 1. The zero-order valence-corrected chi connectivity index (χ0v) is 20.0. The molecule has 4 aliphatic rings. The molecular weight excluding hydrogens is 466 g/mol. The fourth-order valence-electron chi connectivity index (χ4n) is 5.73. The maximum Gasteiger partial charge on any atom is 0.246 e. The van der Waals surface area contributed by atoms with Crippen LogP contribution in [-0.4, -0.2) is 46.4 Å². The monoisotopic (exact) mass is 491 g/mol. The van der Waals surface area contributed by atoms with Crippen molar-refractivity contribution >= 4 is 35.0 Å². The molecule has 0 radical (unpaired) electrons. The molecule has 1 saturated carbocycles. The zero-order valence-electron chi connectivity index (χ0n) is 19.2. The third kappa shape index (κ3) is 3.56. The molecule has 180 valence electrons. The van der Waals surface area contributed by atoms with Crippen LogP contribution in [0.5, 0.6) is 0 Å². The summed E-state index contributed by atoms with van der Waals surface area (Å²) in [6.07, 6.45) is 4.80. The number of rotatable bonds is 6. The largest absolute Gasteiger partial charge is 0.359 e. The summed E-state index contributed by atoms with van der Waals surface area (Å²) >= 11 is 6.23. The Hall–Kier alpha value is -3.16. The number of anilines is 1. The summed E-state index contributed by atoms with van der Waals surface area (Å²) in [5.41, 5.74) is 1.30. The first-order valence-electron chi connectivity index (χ1n) is 12.0. The molecule has 5 atom stereocenters. The summed E-state index contributed by atoms with van der Waals surface area (Å²) in [7, 11) is 0. The van der Waals surface area contributed by atoms with Crippen molar-refractivity contribution in [2.45, 2.75) is 50.1 Å². The second-order valence-electron chi connectivity index (χ2n) is 9.83. The fourth-order valence-corrected chi connectivity index (χ4v) is 5.91. The highest BCUT2D eigenvalue weighted by atomic mass is 35.5. The fraction of sp³-hybridized carbons (Fsp3) is 0.370. The number of benzene rings is 2. The van der Waals surface area contributed by atoms with Crippen LogP contribution in [0.25, 0.3) is 0 Å². The standard InChI is InChI=1S/C27H26ClN3O4/c1-15-7-8-17(13-19(15)28)30-24(32)21-20-11-12-27(35-20)22(21)26(34)31(18-9-10-18)23(27)25(33)29-14-16-5-3-2-4-6-16/h2-8,11-13,18,20-23H,9-10,14H2,1H3,(H,29,33)(H,30,32). The Kier molecular flexibility index (Phi) is 5.23. The molecule has 5 unspecified atom stereocenters. The number of halogens is 1. The van der Waals surface area contributed by atoms with E-state index in [4.69, 9.17) is 16.3 Å². The number of likely N-dealkylation sites (tertiary alicyclic amines) is 1. The molecule has 2 N–H and O–H groups in total. The molecule has 3 heterocycles. The molecule has 3 amide bonds. The minimum absolute atomic E-state index is 0.00520. The number of hydrogen-bond acceptors (Lipinski definition) is 4. The summed E-state index contributed by atoms with van der Waals surface area (Å²) in [5, 5.41) is 6.46. The van der Waals surface area contributed by atoms with Crippen LogP contribution in [0, 0.1) is 18.8 Å². The van der Waals surface area contributed by atoms with E-state index >= 15 is 0 Å². The second-order valence-corrected chi connectivity index (χ2v) is 10.2. The highest BCUT2D eigenvalue weighted by molar-refractivity contribution is 6.31. The molecule has 3 aliphatic heterocycles. The quantitative estimate of drug-likeness (QED) is 0.607. The number of hydrogen-bond donors (Lipinski definition) is 2. The topological polar surface area (TPSA) is 87.7 Å². The van der Waals surface area contributed by atoms with E-state index in [0.717, 1.165) is 24.0 Å². The number of ether oxygens (including phenoxy) is 1. The Morgan fingerprint density at radius 2 is 1.91 bits per heavy atom. The van der Waals surface area contributed by atoms with Gasteiger partial charge in [0.15, 0.2) is 0 Å². The first kappa shape index (κ1) is 22.3. The average molecular weight is 492 g/mol. The average Bonchev–Trinajstić information content (AvgIpc) is 3.45. The van der Waals surface area contributed by atoms with Gasteiger partial charge >= 0.3 is 0 Å². The van der Waals surface area contributed by atoms with E-state index in [0.29, 0.717) is 17.3 Å². The molecule has 0 aromatic heterocycles. The van der Waals surface area contributed by atoms with Crippen molar-refractivity contribution in [2.75, 3.05) is 5.32 Å². The van der Waals surface area contributed by atoms with Crippen LogP contribution >= 0.6 is 11.6 Å². The van der Waals surface area contributed by atoms with Gasteiger partial charge in [-0.1, -0.05) is 60.2 Å². The van der Waals surface area contributed by atoms with Crippen LogP contribution in [0.2, 0.25) is 5.02 Å². The molecule has 1 spiro atoms. The minimum atomic E-state index is -1.14. The highest BCUT2D eigenvalue weighted by Crippen LogP contribution is 2.57. The van der Waals surface area contributed by atoms with Gasteiger partial charge in [-0.15, -0.1) is 0 Å². The Bertz CT molecular complexity index is 1240. The van der Waals surface area contributed by atoms with Gasteiger partial charge in [0.05, 0.1) is 17.9 Å². The van der Waals surface area contributed by atoms with Gasteiger partial charge in [0, 0.05) is 23.3 Å². The number of carbonyl (C=O) groups is 3. The first-order valence-corrected chi connectivity index (χ1v) is 12.3. The molecule has 1 aliphatic carbocycles. The van der Waals surface area contributed by atoms with E-state index in [-0.39, 0.29) is 23.8 Å². The van der Waals surface area contributed by atoms with Crippen molar-refractivity contribution < 1.29 is 19.1 Å². The van der Waals surface area contributed by atoms with Crippen molar-refractivity contribution in [3.8, 4) is 0 Å². The lowest BCUT2D eigenvalue weighted by atomic mass is 9.74. The maximum absolute atomic E-state index is 13.7. The van der Waals surface area contributed by atoms with Gasteiger partial charge < -0.3 is 20.3 Å². The number of carbonyl (C=O) groups excluding carboxylic acids is 3. The van der Waals surface area contributed by atoms with Gasteiger partial charge in [0.25, 0.3) is 0 Å². The van der Waals surface area contributed by atoms with E-state index in [9.17, 15) is 14.4 Å². The lowest BCUT2D eigenvalue weighted by molar-refractivity contribution is -0.141. The second kappa shape index (κ2) is 8.21. The van der Waals surface area contributed by atoms with E-state index in [1.54, 1.807) is 17.0 Å². The van der Waals surface area contributed by atoms with E-state index < -0.39 is 29.6 Å². The minimum Gasteiger partial charge on any atom is -0.359 e. The van der Waals surface area contributed by atoms with Crippen LogP contribution in [0.3, 0.4) is 0 Å². The van der Waals surface area contributed by atoms with Crippen LogP contribution in [0.15, 0.2) is 60.7 Å². The van der Waals surface area contributed by atoms with Crippen molar-refractivity contribution in [3.05, 3.63) is 76.8 Å². The predicted octanol–water partition coefficient (Wildman–Crippen LogP) is 3.22. The molecule has 6 rings (SSSR count). The first-order chi connectivity index (χ1) is 16.9. The molecule has 7 nitrogen and oxygen atoms in total. The summed E-state index contributed by atoms with van der Waals surface area (Å²) in [6.45, 7) is 2.24. The van der Waals surface area contributed by atoms with Gasteiger partial charge in [-0.25, -0.2) is 0 Å². The Morgan fingerprint density at radius 3 is 2.63 bits per heavy atom. The van der Waals surface area contributed by atoms with Gasteiger partial charge in [-0.2, -0.15) is 0 Å². The smallest absolute Gasteiger partial charge is 0.246 e. The summed E-state index contributed by atoms with van der Waals surface area (Å²) < 4.78 is 6.34. The lowest BCUT2D eigenvalue weighted by Crippen LogP contribution is -2.55. The number of nitrogens with zero attached hydrogens (tertiary/aromatic N) is 1. The van der Waals surface area contributed by atoms with E-state index in [1.807, 2.05) is 55.5 Å². The normalized spacial score (nSPS) is 30.5. The number of aryl methyl sites for hydroxylation is 1. The lowest BCUT2D eigenvalue weighted by Gasteiger charge is -2.32. The van der Waals surface area contributed by atoms with Crippen molar-refractivity contribution in [1.82, 2.24) is 10.2 Å². The van der Waals surface area contributed by atoms with E-state index in [2.05, 4.69) is 10.6 Å². The van der Waals surface area contributed by atoms with Crippen LogP contribution in [0.1, 0.15) is 24.0 Å². The molecule has 35 heavy (non-hydrogen) atoms. The van der Waals surface area contributed by atoms with Crippen LogP contribution in [-0.2, 0) is 25.7 Å². The third-order valence-electron chi connectivity index (χ3n) is 7.55. The molecule has 2 aromatic carbocycles. The predicted molar refractivity (Wildman–Crippen MR) is 130 cm³/mol. The van der Waals surface area contributed by atoms with Gasteiger partial charge in [-0.05, 0) is 43.0 Å². The zero-order chi connectivity index (χ0) is 24.3. The Morgan fingerprint density at radius 1 is 1.14 bits per heavy atom. The van der Waals surface area contributed by atoms with Crippen LogP contribution in [0.4, 0.5) is 5.69 Å². The van der Waals surface area contributed by atoms with E-state index in [1.165, 1.54) is 0 Å². The Balaban J connectivity index is 1.28. The van der Waals surface area contributed by atoms with Crippen LogP contribution < -0.4 is 10.6 Å². The Labute approximate surface area is 208 Å². The molecule has 2 aromatic rings. The SMILES string of the molecule is Cc1ccc(NC(=O)C2C3C=CC4(O3)C2C(=O)N(C2CC2)C4C(=O)NCc2ccccc2)cc1Cl. The summed E-state index contributed by atoms with van der Waals surface area (Å²) in [4.78, 5) is 42.4. The highest BCUT2D eigenvalue weighted by Gasteiger charge is 2.74. The van der Waals surface area contributed by atoms with Crippen molar-refractivity contribution in [3.63, 3.8) is 0 Å². The van der Waals surface area contributed by atoms with Gasteiger partial charge in [0.2, 0.25) is 17.7 Å². The molecule has 2 saturated heterocycles. The molecule has 3 fully saturated rings. The number of nitrogens with one attached hydrogen (secondary N) is 2. The van der Waals surface area contributed by atoms with Gasteiger partial charge in [0.1, 0.15) is 11.6 Å². The van der Waals surface area contributed by atoms with Crippen molar-refractivity contribution in [2.24, 2.45) is 11.8 Å². The summed E-state index contributed by atoms with van der Waals surface area (Å²) in [5.74, 6) is -2.21. The molecular formula is C27H26ClN3O4. The summed E-state index contributed by atoms with van der Waals surface area (Å²) in [6, 6.07) is 14.2. The molecule has 2 bridgehead atoms. The van der Waals surface area contributed by atoms with Crippen molar-refractivity contribution in [1.29, 1.82) is 0 Å².